The molecule has 6 nitrogen and oxygen atoms in total. The van der Waals surface area contributed by atoms with E-state index in [0.717, 1.165) is 74.4 Å². The summed E-state index contributed by atoms with van der Waals surface area (Å²) in [5.74, 6) is -1.11. The number of imide groups is 1. The van der Waals surface area contributed by atoms with Crippen LogP contribution in [0.25, 0.3) is 10.8 Å². The van der Waals surface area contributed by atoms with E-state index in [1.54, 1.807) is 0 Å². The third-order valence-electron chi connectivity index (χ3n) is 8.61. The van der Waals surface area contributed by atoms with Gasteiger partial charge in [0.1, 0.15) is 0 Å². The molecule has 2 amide bonds. The van der Waals surface area contributed by atoms with Crippen molar-refractivity contribution < 1.29 is 19.5 Å². The summed E-state index contributed by atoms with van der Waals surface area (Å²) in [5, 5.41) is 14.0. The SMILES string of the molecule is CCCCCCCCCCCCCCNc1ccc2c3c(cccc13)C(=O)N(CCCCCCCCCC(=O)O)C2=O. The van der Waals surface area contributed by atoms with Crippen molar-refractivity contribution in [2.75, 3.05) is 18.4 Å². The number of carbonyl (C=O) groups is 3. The van der Waals surface area contributed by atoms with Crippen LogP contribution in [0.1, 0.15) is 156 Å². The van der Waals surface area contributed by atoms with Crippen molar-refractivity contribution in [3.63, 3.8) is 0 Å². The lowest BCUT2D eigenvalue weighted by Crippen LogP contribution is -2.40. The number of unbranched alkanes of at least 4 members (excludes halogenated alkanes) is 17. The molecule has 232 valence electrons. The van der Waals surface area contributed by atoms with Crippen molar-refractivity contribution in [2.45, 2.75) is 135 Å². The van der Waals surface area contributed by atoms with Crippen LogP contribution in [0.4, 0.5) is 5.69 Å². The predicted molar refractivity (Wildman–Crippen MR) is 173 cm³/mol. The fraction of sp³-hybridized carbons (Fsp3) is 0.639. The number of hydrogen-bond acceptors (Lipinski definition) is 4. The molecule has 6 heteroatoms. The molecule has 0 atom stereocenters. The third kappa shape index (κ3) is 10.7. The second-order valence-corrected chi connectivity index (χ2v) is 12.1. The lowest BCUT2D eigenvalue weighted by Gasteiger charge is -2.28. The van der Waals surface area contributed by atoms with Crippen LogP contribution in [0.15, 0.2) is 30.3 Å². The zero-order valence-electron chi connectivity index (χ0n) is 26.1. The van der Waals surface area contributed by atoms with Crippen molar-refractivity contribution in [1.29, 1.82) is 0 Å². The Morgan fingerprint density at radius 3 is 1.79 bits per heavy atom. The summed E-state index contributed by atoms with van der Waals surface area (Å²) in [4.78, 5) is 38.7. The number of anilines is 1. The average Bonchev–Trinajstić information content (AvgIpc) is 2.99. The first-order valence-electron chi connectivity index (χ1n) is 16.9. The number of amides is 2. The van der Waals surface area contributed by atoms with Gasteiger partial charge in [-0.05, 0) is 37.5 Å². The van der Waals surface area contributed by atoms with Crippen LogP contribution in [-0.4, -0.2) is 40.9 Å². The Balaban J connectivity index is 1.39. The minimum absolute atomic E-state index is 0.190. The first kappa shape index (κ1) is 33.6. The second-order valence-electron chi connectivity index (χ2n) is 12.1. The molecule has 0 saturated carbocycles. The highest BCUT2D eigenvalue weighted by molar-refractivity contribution is 6.26. The van der Waals surface area contributed by atoms with E-state index >= 15 is 0 Å². The third-order valence-corrected chi connectivity index (χ3v) is 8.61. The van der Waals surface area contributed by atoms with E-state index in [-0.39, 0.29) is 18.2 Å². The van der Waals surface area contributed by atoms with Gasteiger partial charge in [-0.15, -0.1) is 0 Å². The number of carboxylic acid groups (broad SMARTS) is 1. The van der Waals surface area contributed by atoms with Gasteiger partial charge in [-0.2, -0.15) is 0 Å². The average molecular weight is 579 g/mol. The molecule has 2 aromatic rings. The van der Waals surface area contributed by atoms with Gasteiger partial charge in [-0.25, -0.2) is 0 Å². The summed E-state index contributed by atoms with van der Waals surface area (Å²) in [7, 11) is 0. The minimum Gasteiger partial charge on any atom is -0.481 e. The summed E-state index contributed by atoms with van der Waals surface area (Å²) in [6, 6.07) is 9.67. The predicted octanol–water partition coefficient (Wildman–Crippen LogP) is 9.75. The van der Waals surface area contributed by atoms with E-state index in [1.165, 1.54) is 75.5 Å². The Hall–Kier alpha value is -2.89. The normalized spacial score (nSPS) is 12.8. The van der Waals surface area contributed by atoms with Gasteiger partial charge < -0.3 is 10.4 Å². The van der Waals surface area contributed by atoms with E-state index in [0.29, 0.717) is 17.7 Å². The first-order valence-corrected chi connectivity index (χ1v) is 16.9. The van der Waals surface area contributed by atoms with Crippen LogP contribution in [0.3, 0.4) is 0 Å². The molecule has 0 spiro atoms. The van der Waals surface area contributed by atoms with Crippen LogP contribution in [0.2, 0.25) is 0 Å². The summed E-state index contributed by atoms with van der Waals surface area (Å²) in [6.45, 7) is 3.60. The van der Waals surface area contributed by atoms with Crippen LogP contribution in [0.5, 0.6) is 0 Å². The maximum atomic E-state index is 13.3. The zero-order chi connectivity index (χ0) is 30.0. The van der Waals surface area contributed by atoms with Crippen LogP contribution < -0.4 is 5.32 Å². The van der Waals surface area contributed by atoms with Crippen molar-refractivity contribution in [3.05, 3.63) is 41.5 Å². The highest BCUT2D eigenvalue weighted by Gasteiger charge is 2.32. The maximum Gasteiger partial charge on any atom is 0.303 e. The lowest BCUT2D eigenvalue weighted by molar-refractivity contribution is -0.137. The van der Waals surface area contributed by atoms with E-state index in [9.17, 15) is 14.4 Å². The van der Waals surface area contributed by atoms with Crippen LogP contribution in [-0.2, 0) is 4.79 Å². The monoisotopic (exact) mass is 578 g/mol. The van der Waals surface area contributed by atoms with Crippen LogP contribution >= 0.6 is 0 Å². The molecule has 42 heavy (non-hydrogen) atoms. The molecule has 1 heterocycles. The number of carboxylic acids is 1. The zero-order valence-corrected chi connectivity index (χ0v) is 26.1. The molecule has 0 saturated heterocycles. The standard InChI is InChI=1S/C36H54N2O4/c1-2-3-4-5-6-7-8-9-10-13-16-19-27-37-32-26-25-31-34-29(32)22-21-23-30(34)35(41)38(36(31)42)28-20-17-14-11-12-15-18-24-33(39)40/h21-23,25-26,37H,2-20,24,27-28H2,1H3,(H,39,40). The van der Waals surface area contributed by atoms with Crippen molar-refractivity contribution in [2.24, 2.45) is 0 Å². The van der Waals surface area contributed by atoms with E-state index in [2.05, 4.69) is 12.2 Å². The fourth-order valence-corrected chi connectivity index (χ4v) is 6.12. The van der Waals surface area contributed by atoms with Gasteiger partial charge in [0.05, 0.1) is 0 Å². The highest BCUT2D eigenvalue weighted by Crippen LogP contribution is 2.34. The van der Waals surface area contributed by atoms with Gasteiger partial charge in [0.25, 0.3) is 11.8 Å². The molecule has 3 rings (SSSR count). The number of hydrogen-bond donors (Lipinski definition) is 2. The van der Waals surface area contributed by atoms with Gasteiger partial charge in [0.2, 0.25) is 0 Å². The Labute approximate surface area is 253 Å². The number of carbonyl (C=O) groups excluding carboxylic acids is 2. The number of nitrogens with one attached hydrogen (secondary N) is 1. The molecule has 0 bridgehead atoms. The Bertz CT molecular complexity index is 1110. The van der Waals surface area contributed by atoms with Gasteiger partial charge in [-0.3, -0.25) is 19.3 Å². The molecule has 2 N–H and O–H groups in total. The van der Waals surface area contributed by atoms with Crippen molar-refractivity contribution in [1.82, 2.24) is 4.90 Å². The molecule has 1 aliphatic heterocycles. The number of benzene rings is 2. The largest absolute Gasteiger partial charge is 0.481 e. The Morgan fingerprint density at radius 2 is 1.19 bits per heavy atom. The number of aliphatic carboxylic acids is 1. The number of nitrogens with zero attached hydrogens (tertiary/aromatic N) is 1. The summed E-state index contributed by atoms with van der Waals surface area (Å²) in [5.41, 5.74) is 2.24. The quantitative estimate of drug-likeness (QED) is 0.0956. The summed E-state index contributed by atoms with van der Waals surface area (Å²) in [6.07, 6.45) is 22.7. The Kier molecular flexibility index (Phi) is 15.5. The molecule has 0 radical (unpaired) electrons. The Morgan fingerprint density at radius 1 is 0.667 bits per heavy atom. The molecule has 0 fully saturated rings. The molecular weight excluding hydrogens is 524 g/mol. The molecule has 0 unspecified atom stereocenters. The minimum atomic E-state index is -0.731. The molecule has 2 aromatic carbocycles. The van der Waals surface area contributed by atoms with Crippen molar-refractivity contribution in [3.8, 4) is 0 Å². The van der Waals surface area contributed by atoms with Gasteiger partial charge in [-0.1, -0.05) is 122 Å². The summed E-state index contributed by atoms with van der Waals surface area (Å²) < 4.78 is 0. The van der Waals surface area contributed by atoms with Gasteiger partial charge in [0, 0.05) is 47.1 Å². The van der Waals surface area contributed by atoms with Gasteiger partial charge in [0.15, 0.2) is 0 Å². The van der Waals surface area contributed by atoms with E-state index in [1.807, 2.05) is 30.3 Å². The molecular formula is C36H54N2O4. The second kappa shape index (κ2) is 19.3. The molecule has 0 aliphatic carbocycles. The van der Waals surface area contributed by atoms with E-state index in [4.69, 9.17) is 5.11 Å². The lowest BCUT2D eigenvalue weighted by atomic mass is 9.92. The van der Waals surface area contributed by atoms with Gasteiger partial charge >= 0.3 is 5.97 Å². The smallest absolute Gasteiger partial charge is 0.303 e. The van der Waals surface area contributed by atoms with Crippen LogP contribution in [0, 0.1) is 0 Å². The van der Waals surface area contributed by atoms with Crippen molar-refractivity contribution >= 4 is 34.2 Å². The molecule has 1 aliphatic rings. The number of rotatable bonds is 24. The topological polar surface area (TPSA) is 86.7 Å². The fourth-order valence-electron chi connectivity index (χ4n) is 6.12. The van der Waals surface area contributed by atoms with E-state index < -0.39 is 5.97 Å². The summed E-state index contributed by atoms with van der Waals surface area (Å²) >= 11 is 0. The highest BCUT2D eigenvalue weighted by atomic mass is 16.4. The molecule has 0 aromatic heterocycles. The first-order chi connectivity index (χ1) is 20.5. The maximum absolute atomic E-state index is 13.3.